The van der Waals surface area contributed by atoms with Crippen molar-refractivity contribution in [3.05, 3.63) is 88.6 Å². The van der Waals surface area contributed by atoms with Crippen LogP contribution in [-0.2, 0) is 0 Å². The molecule has 0 aliphatic heterocycles. The van der Waals surface area contributed by atoms with E-state index in [0.29, 0.717) is 5.69 Å². The molecule has 0 atom stereocenters. The maximum absolute atomic E-state index is 13.4. The summed E-state index contributed by atoms with van der Waals surface area (Å²) >= 11 is 0. The summed E-state index contributed by atoms with van der Waals surface area (Å²) in [5, 5.41) is 0. The molecule has 4 nitrogen and oxygen atoms in total. The van der Waals surface area contributed by atoms with E-state index in [1.807, 2.05) is 0 Å². The van der Waals surface area contributed by atoms with Crippen LogP contribution < -0.4 is 15.0 Å². The smallest absolute Gasteiger partial charge is 0.258 e. The van der Waals surface area contributed by atoms with E-state index < -0.39 is 23.2 Å². The van der Waals surface area contributed by atoms with Gasteiger partial charge in [-0.25, -0.2) is 13.2 Å². The molecule has 0 saturated carbocycles. The Kier molecular flexibility index (Phi) is 5.26. The Morgan fingerprint density at radius 2 is 1.50 bits per heavy atom. The van der Waals surface area contributed by atoms with E-state index in [9.17, 15) is 18.0 Å². The lowest BCUT2D eigenvalue weighted by molar-refractivity contribution is 0.205. The molecule has 7 heteroatoms. The van der Waals surface area contributed by atoms with Gasteiger partial charge in [0.15, 0.2) is 17.4 Å². The number of benzene rings is 2. The zero-order valence-electron chi connectivity index (χ0n) is 13.5. The molecule has 0 fully saturated rings. The molecule has 0 bridgehead atoms. The van der Waals surface area contributed by atoms with Crippen LogP contribution in [0.15, 0.2) is 65.6 Å². The SMILES string of the molecule is O=c1cc(OCCOc2c(F)cccc2F)ccn1-c1ccc(F)cc1. The lowest BCUT2D eigenvalue weighted by atomic mass is 10.3. The third-order valence-electron chi connectivity index (χ3n) is 3.51. The van der Waals surface area contributed by atoms with E-state index in [2.05, 4.69) is 0 Å². The molecule has 134 valence electrons. The molecular weight excluding hydrogens is 347 g/mol. The second-order valence-corrected chi connectivity index (χ2v) is 5.29. The van der Waals surface area contributed by atoms with Gasteiger partial charge in [-0.15, -0.1) is 0 Å². The van der Waals surface area contributed by atoms with Crippen molar-refractivity contribution >= 4 is 0 Å². The molecule has 3 aromatic rings. The Morgan fingerprint density at radius 1 is 0.846 bits per heavy atom. The fourth-order valence-electron chi connectivity index (χ4n) is 2.29. The van der Waals surface area contributed by atoms with Crippen LogP contribution >= 0.6 is 0 Å². The van der Waals surface area contributed by atoms with E-state index in [4.69, 9.17) is 9.47 Å². The summed E-state index contributed by atoms with van der Waals surface area (Å²) in [6.45, 7) is -0.104. The minimum atomic E-state index is -0.799. The van der Waals surface area contributed by atoms with Crippen molar-refractivity contribution in [2.24, 2.45) is 0 Å². The number of rotatable bonds is 6. The fourth-order valence-corrected chi connectivity index (χ4v) is 2.29. The van der Waals surface area contributed by atoms with Gasteiger partial charge in [0.1, 0.15) is 24.8 Å². The monoisotopic (exact) mass is 361 g/mol. The number of nitrogens with zero attached hydrogens (tertiary/aromatic N) is 1. The Hall–Kier alpha value is -3.22. The van der Waals surface area contributed by atoms with E-state index >= 15 is 0 Å². The summed E-state index contributed by atoms with van der Waals surface area (Å²) in [6.07, 6.45) is 1.49. The highest BCUT2D eigenvalue weighted by Crippen LogP contribution is 2.20. The first-order valence-corrected chi connectivity index (χ1v) is 7.73. The van der Waals surface area contributed by atoms with Crippen LogP contribution in [-0.4, -0.2) is 17.8 Å². The van der Waals surface area contributed by atoms with Gasteiger partial charge in [-0.1, -0.05) is 6.07 Å². The van der Waals surface area contributed by atoms with Crippen LogP contribution in [0.4, 0.5) is 13.2 Å². The molecule has 1 aromatic heterocycles. The molecule has 0 saturated heterocycles. The molecule has 2 aromatic carbocycles. The number of para-hydroxylation sites is 1. The normalized spacial score (nSPS) is 10.6. The Balaban J connectivity index is 1.60. The van der Waals surface area contributed by atoms with Gasteiger partial charge in [0.05, 0.1) is 0 Å². The van der Waals surface area contributed by atoms with Gasteiger partial charge in [0.2, 0.25) is 0 Å². The van der Waals surface area contributed by atoms with Gasteiger partial charge in [0, 0.05) is 18.0 Å². The Bertz CT molecular complexity index is 935. The molecule has 1 heterocycles. The first kappa shape index (κ1) is 17.6. The van der Waals surface area contributed by atoms with Crippen molar-refractivity contribution in [3.8, 4) is 17.2 Å². The number of halogens is 3. The molecule has 0 amide bonds. The lowest BCUT2D eigenvalue weighted by Gasteiger charge is -2.10. The number of pyridine rings is 1. The predicted octanol–water partition coefficient (Wildman–Crippen LogP) is 3.71. The summed E-state index contributed by atoms with van der Waals surface area (Å²) < 4.78 is 51.5. The Labute approximate surface area is 147 Å². The van der Waals surface area contributed by atoms with Crippen LogP contribution in [0.2, 0.25) is 0 Å². The molecular formula is C19H14F3NO3. The summed E-state index contributed by atoms with van der Waals surface area (Å²) in [5.74, 6) is -2.18. The summed E-state index contributed by atoms with van der Waals surface area (Å²) in [7, 11) is 0. The second-order valence-electron chi connectivity index (χ2n) is 5.29. The maximum atomic E-state index is 13.4. The van der Waals surface area contributed by atoms with E-state index in [0.717, 1.165) is 12.1 Å². The van der Waals surface area contributed by atoms with Gasteiger partial charge in [-0.2, -0.15) is 0 Å². The molecule has 0 aliphatic rings. The highest BCUT2D eigenvalue weighted by atomic mass is 19.1. The van der Waals surface area contributed by atoms with Crippen molar-refractivity contribution in [2.45, 2.75) is 0 Å². The molecule has 0 spiro atoms. The topological polar surface area (TPSA) is 40.5 Å². The molecule has 0 unspecified atom stereocenters. The molecule has 0 aliphatic carbocycles. The molecule has 0 N–H and O–H groups in total. The first-order valence-electron chi connectivity index (χ1n) is 7.73. The van der Waals surface area contributed by atoms with Gasteiger partial charge in [-0.3, -0.25) is 9.36 Å². The van der Waals surface area contributed by atoms with Crippen LogP contribution in [0, 0.1) is 17.5 Å². The zero-order chi connectivity index (χ0) is 18.5. The largest absolute Gasteiger partial charge is 0.490 e. The van der Waals surface area contributed by atoms with Crippen molar-refractivity contribution in [1.29, 1.82) is 0 Å². The van der Waals surface area contributed by atoms with Crippen molar-refractivity contribution in [3.63, 3.8) is 0 Å². The number of hydrogen-bond acceptors (Lipinski definition) is 3. The average Bonchev–Trinajstić information content (AvgIpc) is 2.62. The maximum Gasteiger partial charge on any atom is 0.258 e. The zero-order valence-corrected chi connectivity index (χ0v) is 13.5. The van der Waals surface area contributed by atoms with Gasteiger partial charge in [0.25, 0.3) is 5.56 Å². The van der Waals surface area contributed by atoms with Gasteiger partial charge < -0.3 is 9.47 Å². The highest BCUT2D eigenvalue weighted by Gasteiger charge is 2.09. The summed E-state index contributed by atoms with van der Waals surface area (Å²) in [5.41, 5.74) is 0.150. The third-order valence-corrected chi connectivity index (χ3v) is 3.51. The van der Waals surface area contributed by atoms with Crippen molar-refractivity contribution in [1.82, 2.24) is 4.57 Å². The summed E-state index contributed by atoms with van der Waals surface area (Å²) in [6, 6.07) is 11.7. The quantitative estimate of drug-likeness (QED) is 0.629. The van der Waals surface area contributed by atoms with E-state index in [1.54, 1.807) is 6.07 Å². The number of hydrogen-bond donors (Lipinski definition) is 0. The molecule has 0 radical (unpaired) electrons. The van der Waals surface area contributed by atoms with Crippen LogP contribution in [0.5, 0.6) is 11.5 Å². The predicted molar refractivity (Wildman–Crippen MR) is 89.3 cm³/mol. The van der Waals surface area contributed by atoms with Crippen LogP contribution in [0.25, 0.3) is 5.69 Å². The number of aromatic nitrogens is 1. The Morgan fingerprint density at radius 3 is 2.15 bits per heavy atom. The van der Waals surface area contributed by atoms with Crippen LogP contribution in [0.3, 0.4) is 0 Å². The standard InChI is InChI=1S/C19H14F3NO3/c20-13-4-6-14(7-5-13)23-9-8-15(12-18(23)24)25-10-11-26-19-16(21)2-1-3-17(19)22/h1-9,12H,10-11H2. The van der Waals surface area contributed by atoms with Crippen molar-refractivity contribution in [2.75, 3.05) is 13.2 Å². The van der Waals surface area contributed by atoms with Gasteiger partial charge >= 0.3 is 0 Å². The first-order chi connectivity index (χ1) is 12.5. The lowest BCUT2D eigenvalue weighted by Crippen LogP contribution is -2.17. The van der Waals surface area contributed by atoms with Crippen LogP contribution in [0.1, 0.15) is 0 Å². The minimum absolute atomic E-state index is 0.00617. The minimum Gasteiger partial charge on any atom is -0.490 e. The van der Waals surface area contributed by atoms with E-state index in [-0.39, 0.29) is 24.5 Å². The molecule has 26 heavy (non-hydrogen) atoms. The second kappa shape index (κ2) is 7.77. The fraction of sp³-hybridized carbons (Fsp3) is 0.105. The highest BCUT2D eigenvalue weighted by molar-refractivity contribution is 5.34. The van der Waals surface area contributed by atoms with E-state index in [1.165, 1.54) is 47.2 Å². The summed E-state index contributed by atoms with van der Waals surface area (Å²) in [4.78, 5) is 12.1. The van der Waals surface area contributed by atoms with Gasteiger partial charge in [-0.05, 0) is 42.5 Å². The number of ether oxygens (including phenoxy) is 2. The average molecular weight is 361 g/mol. The molecule has 3 rings (SSSR count). The van der Waals surface area contributed by atoms with Crippen molar-refractivity contribution < 1.29 is 22.6 Å². The third kappa shape index (κ3) is 4.05.